The fourth-order valence-corrected chi connectivity index (χ4v) is 4.95. The molecule has 2 heterocycles. The Morgan fingerprint density at radius 3 is 1.80 bits per heavy atom. The number of amides is 2. The number of halogens is 3. The van der Waals surface area contributed by atoms with Crippen LogP contribution in [0.3, 0.4) is 0 Å². The summed E-state index contributed by atoms with van der Waals surface area (Å²) in [5, 5.41) is 0. The molecule has 0 N–H and O–H groups in total. The number of likely N-dealkylation sites (tertiary alicyclic amines) is 1. The molecule has 0 aromatic heterocycles. The molecule has 2 aromatic carbocycles. The Morgan fingerprint density at radius 2 is 1.37 bits per heavy atom. The Kier molecular flexibility index (Phi) is 25.4. The van der Waals surface area contributed by atoms with Crippen LogP contribution < -0.4 is 17.0 Å². The third-order valence-electron chi connectivity index (χ3n) is 7.22. The molecule has 282 valence electrons. The van der Waals surface area contributed by atoms with Crippen LogP contribution in [0.25, 0.3) is 0 Å². The summed E-state index contributed by atoms with van der Waals surface area (Å²) in [6.07, 6.45) is 4.40. The van der Waals surface area contributed by atoms with Gasteiger partial charge in [0.25, 0.3) is 0 Å². The zero-order valence-corrected chi connectivity index (χ0v) is 34.7. The fourth-order valence-electron chi connectivity index (χ4n) is 4.95. The molecule has 0 radical (unpaired) electrons. The predicted octanol–water partition coefficient (Wildman–Crippen LogP) is 6.09. The SMILES string of the molecule is C1CCOC1.CC(C)(C)OC(=O)N1C(=O)CC[C@H]1c1ccc(F)cc1.CCC(=O)CC[C@H](CC(=O)OC(C)(C)C)c1ccc(F)cc1.[Br-].[CH2-]C.[Mg+2]. The largest absolute Gasteiger partial charge is 2.00 e. The number of Topliss-reactive ketones (excluding diaryl/α,β-unsaturated/α-hetero) is 1. The third-order valence-corrected chi connectivity index (χ3v) is 7.22. The van der Waals surface area contributed by atoms with Crippen LogP contribution >= 0.6 is 0 Å². The number of carbonyl (C=O) groups is 4. The summed E-state index contributed by atoms with van der Waals surface area (Å²) in [5.41, 5.74) is 0.399. The van der Waals surface area contributed by atoms with Gasteiger partial charge in [-0.2, -0.15) is 6.92 Å². The average molecular weight is 793 g/mol. The molecule has 2 atom stereocenters. The topological polar surface area (TPSA) is 99.2 Å². The molecule has 0 unspecified atom stereocenters. The number of hydrogen-bond donors (Lipinski definition) is 0. The van der Waals surface area contributed by atoms with Gasteiger partial charge >= 0.3 is 35.1 Å². The Hall–Kier alpha value is -2.41. The minimum atomic E-state index is -0.659. The van der Waals surface area contributed by atoms with Crippen LogP contribution in [-0.4, -0.2) is 76.1 Å². The molecule has 8 nitrogen and oxygen atoms in total. The number of ketones is 1. The number of hydrogen-bond acceptors (Lipinski definition) is 7. The van der Waals surface area contributed by atoms with E-state index in [-0.39, 0.29) is 87.7 Å². The summed E-state index contributed by atoms with van der Waals surface area (Å²) in [6, 6.07) is 11.5. The van der Waals surface area contributed by atoms with E-state index in [0.717, 1.165) is 29.2 Å². The van der Waals surface area contributed by atoms with Crippen molar-refractivity contribution in [3.05, 3.63) is 78.2 Å². The maximum atomic E-state index is 13.1. The first-order valence-electron chi connectivity index (χ1n) is 17.1. The van der Waals surface area contributed by atoms with Crippen LogP contribution in [0.5, 0.6) is 0 Å². The number of carbonyl (C=O) groups excluding carboxylic acids is 4. The predicted molar refractivity (Wildman–Crippen MR) is 192 cm³/mol. The zero-order chi connectivity index (χ0) is 37.2. The molecule has 0 saturated carbocycles. The van der Waals surface area contributed by atoms with Crippen molar-refractivity contribution in [2.24, 2.45) is 0 Å². The molecule has 2 aromatic rings. The van der Waals surface area contributed by atoms with Gasteiger partial charge in [-0.25, -0.2) is 18.5 Å². The van der Waals surface area contributed by atoms with Crippen LogP contribution in [0, 0.1) is 18.6 Å². The summed E-state index contributed by atoms with van der Waals surface area (Å²) in [6.45, 7) is 19.5. The van der Waals surface area contributed by atoms with Crippen molar-refractivity contribution in [3.8, 4) is 0 Å². The molecule has 0 aliphatic carbocycles. The molecule has 2 saturated heterocycles. The van der Waals surface area contributed by atoms with Crippen molar-refractivity contribution in [1.29, 1.82) is 0 Å². The van der Waals surface area contributed by atoms with Gasteiger partial charge in [-0.15, -0.1) is 0 Å². The van der Waals surface area contributed by atoms with Gasteiger partial charge < -0.3 is 38.1 Å². The quantitative estimate of drug-likeness (QED) is 0.182. The minimum absolute atomic E-state index is 0. The van der Waals surface area contributed by atoms with Crippen LogP contribution in [-0.2, 0) is 28.6 Å². The van der Waals surface area contributed by atoms with E-state index in [1.54, 1.807) is 52.0 Å². The van der Waals surface area contributed by atoms with Gasteiger partial charge in [0.15, 0.2) is 0 Å². The first-order chi connectivity index (χ1) is 23.0. The molecule has 2 aliphatic rings. The first kappa shape index (κ1) is 50.7. The summed E-state index contributed by atoms with van der Waals surface area (Å²) < 4.78 is 41.6. The van der Waals surface area contributed by atoms with Gasteiger partial charge in [-0.1, -0.05) is 31.2 Å². The van der Waals surface area contributed by atoms with E-state index in [2.05, 4.69) is 6.92 Å². The molecule has 4 rings (SSSR count). The van der Waals surface area contributed by atoms with Gasteiger partial charge in [-0.3, -0.25) is 14.4 Å². The number of rotatable bonds is 8. The van der Waals surface area contributed by atoms with E-state index in [9.17, 15) is 28.0 Å². The minimum Gasteiger partial charge on any atom is -1.00 e. The second-order valence-corrected chi connectivity index (χ2v) is 13.6. The summed E-state index contributed by atoms with van der Waals surface area (Å²) in [7, 11) is 0. The van der Waals surface area contributed by atoms with Crippen molar-refractivity contribution in [2.45, 2.75) is 130 Å². The average Bonchev–Trinajstić information content (AvgIpc) is 3.73. The number of benzene rings is 2. The van der Waals surface area contributed by atoms with E-state index in [1.807, 2.05) is 27.7 Å². The standard InChI is InChI=1S/C18H25FO3.C15H18FNO3.C4H8O.C2H5.BrH.Mg/c1-5-16(20)11-8-14(12-17(21)22-18(2,3)4)13-6-9-15(19)10-7-13;1-15(2,3)20-14(19)17-12(8-9-13(17)18)10-4-6-11(16)7-5-10;1-2-4-5-3-1;1-2;;/h6-7,9-10,14H,5,8,11-12H2,1-4H3;4-7,12H,8-9H2,1-3H3;1-4H2;1H2,2H3;1H;/q;;;-1;;+2/p-1/t14-;12-;;;;/m10..../s1. The zero-order valence-electron chi connectivity index (χ0n) is 31.7. The van der Waals surface area contributed by atoms with Crippen LogP contribution in [0.1, 0.15) is 130 Å². The van der Waals surface area contributed by atoms with Crippen molar-refractivity contribution in [2.75, 3.05) is 13.2 Å². The monoisotopic (exact) mass is 791 g/mol. The summed E-state index contributed by atoms with van der Waals surface area (Å²) in [4.78, 5) is 48.8. The molecule has 2 amide bonds. The molecular formula is C39H56BrF2MgNO7. The van der Waals surface area contributed by atoms with Gasteiger partial charge in [0.05, 0.1) is 12.5 Å². The van der Waals surface area contributed by atoms with Gasteiger partial charge in [-0.05, 0) is 109 Å². The van der Waals surface area contributed by atoms with Gasteiger partial charge in [0, 0.05) is 32.5 Å². The molecule has 2 aliphatic heterocycles. The van der Waals surface area contributed by atoms with Gasteiger partial charge in [0.1, 0.15) is 28.6 Å². The molecule has 51 heavy (non-hydrogen) atoms. The summed E-state index contributed by atoms with van der Waals surface area (Å²) in [5.74, 6) is -1.19. The van der Waals surface area contributed by atoms with Gasteiger partial charge in [0.2, 0.25) is 5.91 Å². The number of imide groups is 1. The van der Waals surface area contributed by atoms with Crippen molar-refractivity contribution in [3.63, 3.8) is 0 Å². The second kappa shape index (κ2) is 25.5. The van der Waals surface area contributed by atoms with E-state index >= 15 is 0 Å². The third kappa shape index (κ3) is 21.0. The van der Waals surface area contributed by atoms with E-state index in [0.29, 0.717) is 32.1 Å². The Morgan fingerprint density at radius 1 is 0.882 bits per heavy atom. The Balaban J connectivity index is 0. The van der Waals surface area contributed by atoms with E-state index in [1.165, 1.54) is 37.1 Å². The second-order valence-electron chi connectivity index (χ2n) is 13.6. The molecule has 0 bridgehead atoms. The normalized spacial score (nSPS) is 15.5. The van der Waals surface area contributed by atoms with Crippen LogP contribution in [0.4, 0.5) is 13.6 Å². The molecular weight excluding hydrogens is 737 g/mol. The maximum Gasteiger partial charge on any atom is 2.00 e. The molecule has 2 fully saturated rings. The fraction of sp³-hybridized carbons (Fsp3) is 0.564. The van der Waals surface area contributed by atoms with Crippen LogP contribution in [0.2, 0.25) is 0 Å². The first-order valence-corrected chi connectivity index (χ1v) is 17.1. The summed E-state index contributed by atoms with van der Waals surface area (Å²) >= 11 is 0. The molecule has 0 spiro atoms. The number of ether oxygens (including phenoxy) is 3. The molecule has 12 heteroatoms. The van der Waals surface area contributed by atoms with Crippen molar-refractivity contribution < 1.29 is 59.2 Å². The van der Waals surface area contributed by atoms with Crippen molar-refractivity contribution >= 4 is 46.8 Å². The maximum absolute atomic E-state index is 13.1. The van der Waals surface area contributed by atoms with E-state index in [4.69, 9.17) is 14.2 Å². The Labute approximate surface area is 330 Å². The smallest absolute Gasteiger partial charge is 1.00 e. The number of esters is 1. The van der Waals surface area contributed by atoms with Crippen LogP contribution in [0.15, 0.2) is 48.5 Å². The van der Waals surface area contributed by atoms with Crippen molar-refractivity contribution in [1.82, 2.24) is 4.90 Å². The van der Waals surface area contributed by atoms with E-state index < -0.39 is 17.3 Å². The Bertz CT molecular complexity index is 1300. The number of nitrogens with zero attached hydrogens (tertiary/aromatic N) is 1.